The van der Waals surface area contributed by atoms with Gasteiger partial charge in [0.15, 0.2) is 9.84 Å². The summed E-state index contributed by atoms with van der Waals surface area (Å²) in [6, 6.07) is 8.47. The zero-order valence-corrected chi connectivity index (χ0v) is 13.9. The van der Waals surface area contributed by atoms with E-state index in [4.69, 9.17) is 4.42 Å². The van der Waals surface area contributed by atoms with Crippen LogP contribution in [0.3, 0.4) is 0 Å². The topological polar surface area (TPSA) is 67.5 Å². The van der Waals surface area contributed by atoms with Crippen molar-refractivity contribution in [3.05, 3.63) is 53.5 Å². The lowest BCUT2D eigenvalue weighted by Gasteiger charge is -2.16. The number of benzene rings is 1. The minimum absolute atomic E-state index is 0.122. The second-order valence-corrected chi connectivity index (χ2v) is 7.64. The maximum absolute atomic E-state index is 12.5. The van der Waals surface area contributed by atoms with Crippen molar-refractivity contribution in [2.75, 3.05) is 0 Å². The quantitative estimate of drug-likeness (QED) is 0.884. The van der Waals surface area contributed by atoms with Crippen LogP contribution in [0.5, 0.6) is 0 Å². The third kappa shape index (κ3) is 3.59. The molecule has 1 aromatic carbocycles. The van der Waals surface area contributed by atoms with Gasteiger partial charge in [-0.3, -0.25) is 0 Å². The molecule has 0 fully saturated rings. The Kier molecular flexibility index (Phi) is 5.08. The molecule has 0 unspecified atom stereocenters. The summed E-state index contributed by atoms with van der Waals surface area (Å²) in [6.45, 7) is 5.64. The van der Waals surface area contributed by atoms with Crippen molar-refractivity contribution < 1.29 is 17.9 Å². The third-order valence-electron chi connectivity index (χ3n) is 3.92. The molecule has 0 radical (unpaired) electrons. The van der Waals surface area contributed by atoms with Crippen LogP contribution in [0.1, 0.15) is 43.1 Å². The molecule has 1 N–H and O–H groups in total. The Labute approximate surface area is 131 Å². The van der Waals surface area contributed by atoms with Gasteiger partial charge in [0.2, 0.25) is 0 Å². The highest BCUT2D eigenvalue weighted by atomic mass is 32.2. The van der Waals surface area contributed by atoms with E-state index in [9.17, 15) is 13.5 Å². The van der Waals surface area contributed by atoms with E-state index in [0.717, 1.165) is 5.56 Å². The average molecular weight is 322 g/mol. The minimum Gasteiger partial charge on any atom is -0.469 e. The van der Waals surface area contributed by atoms with Gasteiger partial charge in [-0.25, -0.2) is 8.42 Å². The van der Waals surface area contributed by atoms with Crippen LogP contribution < -0.4 is 0 Å². The highest BCUT2D eigenvalue weighted by Gasteiger charge is 2.24. The van der Waals surface area contributed by atoms with Gasteiger partial charge in [-0.2, -0.15) is 0 Å². The summed E-state index contributed by atoms with van der Waals surface area (Å²) in [5.74, 6) is 0.191. The Hall–Kier alpha value is -1.59. The predicted octanol–water partition coefficient (Wildman–Crippen LogP) is 3.44. The standard InChI is InChI=1S/C17H22O4S/c1-4-16(18)13(3)17-14(9-10-21-17)11-22(19,20)15-7-5-12(2)6-8-15/h5-10,13,16,18H,4,11H2,1-3H3/t13-,16+/m0/s1. The minimum atomic E-state index is -3.43. The summed E-state index contributed by atoms with van der Waals surface area (Å²) < 4.78 is 30.5. The van der Waals surface area contributed by atoms with Crippen molar-refractivity contribution in [2.24, 2.45) is 0 Å². The SMILES string of the molecule is CC[C@@H](O)[C@H](C)c1occc1CS(=O)(=O)c1ccc(C)cc1. The lowest BCUT2D eigenvalue weighted by Crippen LogP contribution is -2.16. The van der Waals surface area contributed by atoms with Crippen LogP contribution in [0.25, 0.3) is 0 Å². The number of hydrogen-bond donors (Lipinski definition) is 1. The molecule has 2 rings (SSSR count). The number of hydrogen-bond acceptors (Lipinski definition) is 4. The van der Waals surface area contributed by atoms with Gasteiger partial charge in [0, 0.05) is 11.5 Å². The monoisotopic (exact) mass is 322 g/mol. The van der Waals surface area contributed by atoms with Crippen molar-refractivity contribution >= 4 is 9.84 Å². The van der Waals surface area contributed by atoms with E-state index >= 15 is 0 Å². The molecule has 2 aromatic rings. The van der Waals surface area contributed by atoms with Crippen LogP contribution >= 0.6 is 0 Å². The summed E-state index contributed by atoms with van der Waals surface area (Å²) in [5, 5.41) is 9.96. The summed E-state index contributed by atoms with van der Waals surface area (Å²) in [7, 11) is -3.43. The maximum Gasteiger partial charge on any atom is 0.182 e. The van der Waals surface area contributed by atoms with Crippen LogP contribution in [0.2, 0.25) is 0 Å². The molecule has 0 aliphatic carbocycles. The molecule has 0 bridgehead atoms. The van der Waals surface area contributed by atoms with Crippen LogP contribution in [-0.4, -0.2) is 19.6 Å². The number of sulfone groups is 1. The number of aliphatic hydroxyl groups excluding tert-OH is 1. The summed E-state index contributed by atoms with van der Waals surface area (Å²) in [6.07, 6.45) is 1.52. The van der Waals surface area contributed by atoms with Crippen LogP contribution in [-0.2, 0) is 15.6 Å². The molecular formula is C17H22O4S. The van der Waals surface area contributed by atoms with E-state index in [1.54, 1.807) is 30.3 Å². The molecule has 0 aliphatic heterocycles. The molecule has 1 heterocycles. The Morgan fingerprint density at radius 2 is 1.82 bits per heavy atom. The van der Waals surface area contributed by atoms with E-state index in [1.807, 2.05) is 20.8 Å². The van der Waals surface area contributed by atoms with E-state index in [2.05, 4.69) is 0 Å². The molecule has 22 heavy (non-hydrogen) atoms. The smallest absolute Gasteiger partial charge is 0.182 e. The first kappa shape index (κ1) is 16.8. The molecule has 2 atom stereocenters. The second-order valence-electron chi connectivity index (χ2n) is 5.65. The molecule has 120 valence electrons. The third-order valence-corrected chi connectivity index (χ3v) is 5.60. The first-order chi connectivity index (χ1) is 10.3. The van der Waals surface area contributed by atoms with Crippen LogP contribution in [0.15, 0.2) is 45.9 Å². The van der Waals surface area contributed by atoms with Gasteiger partial charge in [0.05, 0.1) is 23.0 Å². The van der Waals surface area contributed by atoms with Crippen molar-refractivity contribution in [3.8, 4) is 0 Å². The van der Waals surface area contributed by atoms with Gasteiger partial charge < -0.3 is 9.52 Å². The van der Waals surface area contributed by atoms with E-state index in [1.165, 1.54) is 6.26 Å². The second kappa shape index (κ2) is 6.67. The van der Waals surface area contributed by atoms with Crippen LogP contribution in [0, 0.1) is 6.92 Å². The largest absolute Gasteiger partial charge is 0.469 e. The molecule has 0 aliphatic rings. The highest BCUT2D eigenvalue weighted by molar-refractivity contribution is 7.90. The Bertz CT molecular complexity index is 713. The molecule has 0 amide bonds. The van der Waals surface area contributed by atoms with E-state index in [0.29, 0.717) is 22.6 Å². The van der Waals surface area contributed by atoms with Gasteiger partial charge in [-0.15, -0.1) is 0 Å². The average Bonchev–Trinajstić information content (AvgIpc) is 2.93. The van der Waals surface area contributed by atoms with Crippen molar-refractivity contribution in [2.45, 2.75) is 49.9 Å². The van der Waals surface area contributed by atoms with Gasteiger partial charge >= 0.3 is 0 Å². The molecular weight excluding hydrogens is 300 g/mol. The molecule has 0 saturated carbocycles. The molecule has 0 saturated heterocycles. The lowest BCUT2D eigenvalue weighted by atomic mass is 9.97. The number of aryl methyl sites for hydroxylation is 1. The van der Waals surface area contributed by atoms with Gasteiger partial charge in [-0.05, 0) is 31.5 Å². The van der Waals surface area contributed by atoms with Gasteiger partial charge in [-0.1, -0.05) is 31.5 Å². The predicted molar refractivity (Wildman–Crippen MR) is 85.5 cm³/mol. The molecule has 0 spiro atoms. The normalized spacial score (nSPS) is 14.7. The zero-order valence-electron chi connectivity index (χ0n) is 13.1. The fraction of sp³-hybridized carbons (Fsp3) is 0.412. The maximum atomic E-state index is 12.5. The summed E-state index contributed by atoms with van der Waals surface area (Å²) >= 11 is 0. The number of furan rings is 1. The first-order valence-electron chi connectivity index (χ1n) is 7.39. The lowest BCUT2D eigenvalue weighted by molar-refractivity contribution is 0.135. The molecule has 5 heteroatoms. The fourth-order valence-electron chi connectivity index (χ4n) is 2.43. The molecule has 1 aromatic heterocycles. The Morgan fingerprint density at radius 3 is 2.41 bits per heavy atom. The number of rotatable bonds is 6. The fourth-order valence-corrected chi connectivity index (χ4v) is 3.79. The van der Waals surface area contributed by atoms with E-state index < -0.39 is 15.9 Å². The molecule has 4 nitrogen and oxygen atoms in total. The highest BCUT2D eigenvalue weighted by Crippen LogP contribution is 2.28. The Morgan fingerprint density at radius 1 is 1.18 bits per heavy atom. The van der Waals surface area contributed by atoms with Crippen molar-refractivity contribution in [3.63, 3.8) is 0 Å². The van der Waals surface area contributed by atoms with E-state index in [-0.39, 0.29) is 11.7 Å². The van der Waals surface area contributed by atoms with Crippen molar-refractivity contribution in [1.82, 2.24) is 0 Å². The number of aliphatic hydroxyl groups is 1. The zero-order chi connectivity index (χ0) is 16.3. The Balaban J connectivity index is 2.28. The first-order valence-corrected chi connectivity index (χ1v) is 9.04. The van der Waals surface area contributed by atoms with Gasteiger partial charge in [0.25, 0.3) is 0 Å². The summed E-state index contributed by atoms with van der Waals surface area (Å²) in [5.41, 5.74) is 1.63. The van der Waals surface area contributed by atoms with Gasteiger partial charge in [0.1, 0.15) is 5.76 Å². The van der Waals surface area contributed by atoms with Crippen molar-refractivity contribution in [1.29, 1.82) is 0 Å². The summed E-state index contributed by atoms with van der Waals surface area (Å²) in [4.78, 5) is 0.300. The van der Waals surface area contributed by atoms with Crippen LogP contribution in [0.4, 0.5) is 0 Å².